The summed E-state index contributed by atoms with van der Waals surface area (Å²) >= 11 is 0. The summed E-state index contributed by atoms with van der Waals surface area (Å²) in [5, 5.41) is 11.7. The summed E-state index contributed by atoms with van der Waals surface area (Å²) in [6, 6.07) is 2.53. The molecule has 1 atom stereocenters. The Labute approximate surface area is 128 Å². The van der Waals surface area contributed by atoms with Crippen molar-refractivity contribution in [1.29, 1.82) is 0 Å². The number of amides is 1. The van der Waals surface area contributed by atoms with Gasteiger partial charge in [0.25, 0.3) is 0 Å². The summed E-state index contributed by atoms with van der Waals surface area (Å²) in [6.45, 7) is 2.19. The van der Waals surface area contributed by atoms with Crippen molar-refractivity contribution in [2.24, 2.45) is 0 Å². The van der Waals surface area contributed by atoms with Gasteiger partial charge in [-0.05, 0) is 12.5 Å². The van der Waals surface area contributed by atoms with Crippen molar-refractivity contribution in [3.63, 3.8) is 0 Å². The number of halogens is 1. The molecule has 0 heterocycles. The molecule has 0 fully saturated rings. The van der Waals surface area contributed by atoms with E-state index in [4.69, 9.17) is 4.74 Å². The molecule has 1 unspecified atom stereocenters. The third-order valence-corrected chi connectivity index (χ3v) is 2.98. The number of phenols is 1. The van der Waals surface area contributed by atoms with Crippen LogP contribution in [0.3, 0.4) is 0 Å². The van der Waals surface area contributed by atoms with E-state index in [2.05, 4.69) is 10.1 Å². The Hall–Kier alpha value is -2.31. The monoisotopic (exact) mass is 313 g/mol. The highest BCUT2D eigenvalue weighted by molar-refractivity contribution is 5.73. The Morgan fingerprint density at radius 1 is 1.41 bits per heavy atom. The zero-order valence-electron chi connectivity index (χ0n) is 12.6. The summed E-state index contributed by atoms with van der Waals surface area (Å²) in [5.74, 6) is -1.59. The highest BCUT2D eigenvalue weighted by atomic mass is 19.1. The highest BCUT2D eigenvalue weighted by Crippen LogP contribution is 2.24. The summed E-state index contributed by atoms with van der Waals surface area (Å²) in [4.78, 5) is 23.1. The number of aromatic hydroxyl groups is 1. The van der Waals surface area contributed by atoms with E-state index in [1.165, 1.54) is 19.2 Å². The quantitative estimate of drug-likeness (QED) is 0.597. The van der Waals surface area contributed by atoms with Crippen LogP contribution in [0.4, 0.5) is 9.18 Å². The number of benzene rings is 1. The zero-order chi connectivity index (χ0) is 16.5. The number of phenolic OH excluding ortho intramolecular Hbond substituents is 1. The number of hydrogen-bond acceptors (Lipinski definition) is 5. The molecule has 1 aromatic carbocycles. The van der Waals surface area contributed by atoms with Crippen LogP contribution >= 0.6 is 0 Å². The maximum absolute atomic E-state index is 13.9. The fraction of sp³-hybridized carbons (Fsp3) is 0.467. The number of methoxy groups -OCH3 is 1. The molecule has 0 bridgehead atoms. The number of unbranched alkanes of at least 4 members (excludes halogenated alkanes) is 1. The van der Waals surface area contributed by atoms with Gasteiger partial charge in [-0.2, -0.15) is 0 Å². The van der Waals surface area contributed by atoms with E-state index < -0.39 is 23.9 Å². The zero-order valence-corrected chi connectivity index (χ0v) is 12.6. The molecule has 0 saturated carbocycles. The lowest BCUT2D eigenvalue weighted by Crippen LogP contribution is -2.31. The van der Waals surface area contributed by atoms with Gasteiger partial charge < -0.3 is 19.9 Å². The number of carbonyl (C=O) groups is 2. The molecule has 2 N–H and O–H groups in total. The van der Waals surface area contributed by atoms with Crippen LogP contribution < -0.4 is 5.32 Å². The van der Waals surface area contributed by atoms with Crippen molar-refractivity contribution in [2.45, 2.75) is 32.2 Å². The summed E-state index contributed by atoms with van der Waals surface area (Å²) in [5.41, 5.74) is 0.0654. The molecule has 0 radical (unpaired) electrons. The fourth-order valence-electron chi connectivity index (χ4n) is 1.78. The first-order chi connectivity index (χ1) is 10.5. The molecular weight excluding hydrogens is 293 g/mol. The molecule has 0 saturated heterocycles. The van der Waals surface area contributed by atoms with Gasteiger partial charge in [0.1, 0.15) is 11.6 Å². The molecule has 1 rings (SSSR count). The van der Waals surface area contributed by atoms with Gasteiger partial charge >= 0.3 is 12.1 Å². The van der Waals surface area contributed by atoms with Crippen molar-refractivity contribution >= 4 is 12.1 Å². The average Bonchev–Trinajstić information content (AvgIpc) is 2.46. The highest BCUT2D eigenvalue weighted by Gasteiger charge is 2.22. The number of nitrogens with one attached hydrogen (secondary N) is 1. The topological polar surface area (TPSA) is 84.9 Å². The predicted molar refractivity (Wildman–Crippen MR) is 76.8 cm³/mol. The molecule has 6 nitrogen and oxygen atoms in total. The largest absolute Gasteiger partial charge is 0.508 e. The minimum absolute atomic E-state index is 0.0654. The smallest absolute Gasteiger partial charge is 0.407 e. The second-order valence-electron chi connectivity index (χ2n) is 4.67. The lowest BCUT2D eigenvalue weighted by Gasteiger charge is -2.18. The summed E-state index contributed by atoms with van der Waals surface area (Å²) < 4.78 is 23.4. The molecule has 1 aromatic rings. The van der Waals surface area contributed by atoms with Gasteiger partial charge in [-0.3, -0.25) is 4.79 Å². The van der Waals surface area contributed by atoms with Gasteiger partial charge in [0.15, 0.2) is 0 Å². The van der Waals surface area contributed by atoms with Crippen molar-refractivity contribution in [3.8, 4) is 5.75 Å². The lowest BCUT2D eigenvalue weighted by atomic mass is 10.0. The Balaban J connectivity index is 2.83. The third-order valence-electron chi connectivity index (χ3n) is 2.98. The maximum Gasteiger partial charge on any atom is 0.407 e. The third kappa shape index (κ3) is 5.59. The van der Waals surface area contributed by atoms with Gasteiger partial charge in [-0.15, -0.1) is 0 Å². The number of ether oxygens (including phenoxy) is 2. The Morgan fingerprint density at radius 3 is 2.73 bits per heavy atom. The van der Waals surface area contributed by atoms with E-state index in [-0.39, 0.29) is 24.3 Å². The Morgan fingerprint density at radius 2 is 2.14 bits per heavy atom. The molecule has 122 valence electrons. The Bertz CT molecular complexity index is 521. The Kier molecular flexibility index (Phi) is 7.15. The SMILES string of the molecule is CCCCOC(=O)NC(CC(=O)OC)c1ccc(O)cc1F. The van der Waals surface area contributed by atoms with E-state index in [1.54, 1.807) is 0 Å². The van der Waals surface area contributed by atoms with Crippen molar-refractivity contribution in [1.82, 2.24) is 5.32 Å². The lowest BCUT2D eigenvalue weighted by molar-refractivity contribution is -0.141. The number of rotatable bonds is 7. The molecule has 0 aliphatic heterocycles. The summed E-state index contributed by atoms with van der Waals surface area (Å²) in [6.07, 6.45) is 0.588. The van der Waals surface area contributed by atoms with Crippen LogP contribution in [0.2, 0.25) is 0 Å². The van der Waals surface area contributed by atoms with Crippen LogP contribution in [0.5, 0.6) is 5.75 Å². The van der Waals surface area contributed by atoms with E-state index >= 15 is 0 Å². The number of esters is 1. The van der Waals surface area contributed by atoms with E-state index in [0.29, 0.717) is 6.42 Å². The van der Waals surface area contributed by atoms with Gasteiger partial charge in [0.05, 0.1) is 26.2 Å². The molecule has 0 aliphatic carbocycles. The predicted octanol–water partition coefficient (Wildman–Crippen LogP) is 2.66. The van der Waals surface area contributed by atoms with Gasteiger partial charge in [-0.1, -0.05) is 19.4 Å². The minimum Gasteiger partial charge on any atom is -0.508 e. The standard InChI is InChI=1S/C15H20FNO5/c1-3-4-7-22-15(20)17-13(9-14(19)21-2)11-6-5-10(18)8-12(11)16/h5-6,8,13,18H,3-4,7,9H2,1-2H3,(H,17,20). The molecule has 7 heteroatoms. The number of hydrogen-bond donors (Lipinski definition) is 2. The fourth-order valence-corrected chi connectivity index (χ4v) is 1.78. The van der Waals surface area contributed by atoms with Crippen LogP contribution in [0.1, 0.15) is 37.8 Å². The van der Waals surface area contributed by atoms with Gasteiger partial charge in [-0.25, -0.2) is 9.18 Å². The summed E-state index contributed by atoms with van der Waals surface area (Å²) in [7, 11) is 1.20. The second kappa shape index (κ2) is 8.86. The first kappa shape index (κ1) is 17.7. The molecule has 1 amide bonds. The maximum atomic E-state index is 13.9. The number of carbonyl (C=O) groups excluding carboxylic acids is 2. The molecule has 0 aromatic heterocycles. The normalized spacial score (nSPS) is 11.6. The first-order valence-electron chi connectivity index (χ1n) is 6.96. The van der Waals surface area contributed by atoms with Crippen LogP contribution in [0, 0.1) is 5.82 Å². The van der Waals surface area contributed by atoms with Crippen molar-refractivity contribution < 1.29 is 28.6 Å². The van der Waals surface area contributed by atoms with Crippen LogP contribution in [-0.4, -0.2) is 30.9 Å². The van der Waals surface area contributed by atoms with Crippen LogP contribution in [-0.2, 0) is 14.3 Å². The van der Waals surface area contributed by atoms with Crippen LogP contribution in [0.15, 0.2) is 18.2 Å². The van der Waals surface area contributed by atoms with Gasteiger partial charge in [0, 0.05) is 11.6 Å². The minimum atomic E-state index is -0.942. The molecule has 22 heavy (non-hydrogen) atoms. The molecule has 0 spiro atoms. The second-order valence-corrected chi connectivity index (χ2v) is 4.67. The van der Waals surface area contributed by atoms with E-state index in [0.717, 1.165) is 12.5 Å². The van der Waals surface area contributed by atoms with Crippen molar-refractivity contribution in [3.05, 3.63) is 29.6 Å². The van der Waals surface area contributed by atoms with E-state index in [1.807, 2.05) is 6.92 Å². The van der Waals surface area contributed by atoms with Crippen molar-refractivity contribution in [2.75, 3.05) is 13.7 Å². The van der Waals surface area contributed by atoms with Gasteiger partial charge in [0.2, 0.25) is 0 Å². The first-order valence-corrected chi connectivity index (χ1v) is 6.96. The molecular formula is C15H20FNO5. The molecule has 0 aliphatic rings. The number of alkyl carbamates (subject to hydrolysis) is 1. The van der Waals surface area contributed by atoms with E-state index in [9.17, 15) is 19.1 Å². The van der Waals surface area contributed by atoms with Crippen LogP contribution in [0.25, 0.3) is 0 Å². The average molecular weight is 313 g/mol.